The van der Waals surface area contributed by atoms with Crippen LogP contribution in [0.2, 0.25) is 5.15 Å². The van der Waals surface area contributed by atoms with Crippen LogP contribution in [0.5, 0.6) is 11.6 Å². The highest BCUT2D eigenvalue weighted by molar-refractivity contribution is 6.29. The third-order valence-electron chi connectivity index (χ3n) is 2.85. The average Bonchev–Trinajstić information content (AvgIpc) is 2.57. The molecule has 0 unspecified atom stereocenters. The van der Waals surface area contributed by atoms with E-state index in [1.807, 2.05) is 0 Å². The van der Waals surface area contributed by atoms with Gasteiger partial charge in [-0.3, -0.25) is 4.98 Å². The van der Waals surface area contributed by atoms with E-state index in [9.17, 15) is 13.2 Å². The average molecular weight is 353 g/mol. The number of hydrogen-bond acceptors (Lipinski definition) is 5. The molecule has 0 saturated heterocycles. The first-order chi connectivity index (χ1) is 11.4. The predicted octanol–water partition coefficient (Wildman–Crippen LogP) is 4.40. The van der Waals surface area contributed by atoms with Crippen LogP contribution in [0.1, 0.15) is 5.69 Å². The lowest BCUT2D eigenvalue weighted by Gasteiger charge is -2.11. The molecule has 0 atom stereocenters. The maximum absolute atomic E-state index is 13.1. The molecule has 0 aromatic carbocycles. The lowest BCUT2D eigenvalue weighted by atomic mass is 10.2. The Morgan fingerprint density at radius 2 is 1.75 bits per heavy atom. The number of pyridine rings is 2. The highest BCUT2D eigenvalue weighted by atomic mass is 35.5. The Morgan fingerprint density at radius 3 is 2.38 bits per heavy atom. The highest BCUT2D eigenvalue weighted by Gasteiger charge is 2.34. The molecule has 3 heterocycles. The van der Waals surface area contributed by atoms with Crippen molar-refractivity contribution in [1.82, 2.24) is 19.9 Å². The molecule has 0 radical (unpaired) electrons. The van der Waals surface area contributed by atoms with Crippen LogP contribution in [0.4, 0.5) is 13.2 Å². The molecule has 0 aliphatic heterocycles. The monoisotopic (exact) mass is 352 g/mol. The summed E-state index contributed by atoms with van der Waals surface area (Å²) < 4.78 is 44.5. The van der Waals surface area contributed by atoms with Crippen LogP contribution in [0, 0.1) is 0 Å². The minimum Gasteiger partial charge on any atom is -0.437 e. The number of nitrogens with zero attached hydrogens (tertiary/aromatic N) is 4. The first-order valence-electron chi connectivity index (χ1n) is 6.58. The van der Waals surface area contributed by atoms with Crippen molar-refractivity contribution in [1.29, 1.82) is 0 Å². The van der Waals surface area contributed by atoms with Crippen molar-refractivity contribution in [2.24, 2.45) is 0 Å². The van der Waals surface area contributed by atoms with Crippen molar-refractivity contribution in [3.05, 3.63) is 59.8 Å². The summed E-state index contributed by atoms with van der Waals surface area (Å²) in [6, 6.07) is 6.65. The maximum atomic E-state index is 13.1. The van der Waals surface area contributed by atoms with E-state index in [0.29, 0.717) is 5.56 Å². The summed E-state index contributed by atoms with van der Waals surface area (Å²) in [5.74, 6) is -0.177. The van der Waals surface area contributed by atoms with E-state index in [0.717, 1.165) is 6.07 Å². The van der Waals surface area contributed by atoms with Gasteiger partial charge in [-0.2, -0.15) is 18.2 Å². The van der Waals surface area contributed by atoms with Crippen LogP contribution in [0.15, 0.2) is 48.9 Å². The van der Waals surface area contributed by atoms with E-state index in [4.69, 9.17) is 16.3 Å². The van der Waals surface area contributed by atoms with Gasteiger partial charge in [0.1, 0.15) is 10.9 Å². The predicted molar refractivity (Wildman–Crippen MR) is 79.6 cm³/mol. The molecular formula is C15H8ClF3N4O. The third-order valence-corrected chi connectivity index (χ3v) is 3.08. The first kappa shape index (κ1) is 16.1. The molecule has 0 N–H and O–H groups in total. The molecule has 0 aliphatic carbocycles. The van der Waals surface area contributed by atoms with Crippen LogP contribution in [0.25, 0.3) is 11.4 Å². The zero-order valence-corrected chi connectivity index (χ0v) is 12.6. The molecule has 0 amide bonds. The van der Waals surface area contributed by atoms with Gasteiger partial charge in [0.05, 0.1) is 6.20 Å². The molecule has 0 aliphatic rings. The zero-order valence-electron chi connectivity index (χ0n) is 11.8. The fourth-order valence-electron chi connectivity index (χ4n) is 1.80. The Kier molecular flexibility index (Phi) is 4.30. The molecule has 0 bridgehead atoms. The number of ether oxygens (including phenoxy) is 1. The van der Waals surface area contributed by atoms with Gasteiger partial charge in [0.2, 0.25) is 5.88 Å². The maximum Gasteiger partial charge on any atom is 0.433 e. The van der Waals surface area contributed by atoms with Gasteiger partial charge in [-0.05, 0) is 24.3 Å². The SMILES string of the molecule is FC(F)(F)c1cc(Oc2ccc(Cl)nc2)nc(-c2ccncc2)n1. The zero-order chi connectivity index (χ0) is 17.2. The fraction of sp³-hybridized carbons (Fsp3) is 0.0667. The van der Waals surface area contributed by atoms with Gasteiger partial charge in [-0.1, -0.05) is 11.6 Å². The molecule has 0 saturated carbocycles. The van der Waals surface area contributed by atoms with Crippen molar-refractivity contribution in [2.75, 3.05) is 0 Å². The van der Waals surface area contributed by atoms with E-state index in [1.165, 1.54) is 42.9 Å². The van der Waals surface area contributed by atoms with Crippen LogP contribution in [-0.2, 0) is 6.18 Å². The van der Waals surface area contributed by atoms with Gasteiger partial charge >= 0.3 is 6.18 Å². The van der Waals surface area contributed by atoms with Gasteiger partial charge in [0.25, 0.3) is 0 Å². The van der Waals surface area contributed by atoms with E-state index in [-0.39, 0.29) is 22.6 Å². The molecule has 5 nitrogen and oxygen atoms in total. The Labute approximate surface area is 139 Å². The fourth-order valence-corrected chi connectivity index (χ4v) is 1.91. The number of rotatable bonds is 3. The van der Waals surface area contributed by atoms with E-state index >= 15 is 0 Å². The van der Waals surface area contributed by atoms with E-state index < -0.39 is 11.9 Å². The Bertz CT molecular complexity index is 842. The standard InChI is InChI=1S/C15H8ClF3N4O/c16-12-2-1-10(8-21-12)24-13-7-11(15(17,18)19)22-14(23-13)9-3-5-20-6-4-9/h1-8H. The van der Waals surface area contributed by atoms with Crippen molar-refractivity contribution in [2.45, 2.75) is 6.18 Å². The van der Waals surface area contributed by atoms with E-state index in [2.05, 4.69) is 19.9 Å². The first-order valence-corrected chi connectivity index (χ1v) is 6.96. The van der Waals surface area contributed by atoms with Crippen LogP contribution in [0.3, 0.4) is 0 Å². The van der Waals surface area contributed by atoms with Crippen molar-refractivity contribution in [3.8, 4) is 23.0 Å². The lowest BCUT2D eigenvalue weighted by Crippen LogP contribution is -2.10. The van der Waals surface area contributed by atoms with Crippen LogP contribution >= 0.6 is 11.6 Å². The molecule has 3 rings (SSSR count). The summed E-state index contributed by atoms with van der Waals surface area (Å²) >= 11 is 5.66. The Morgan fingerprint density at radius 1 is 1.00 bits per heavy atom. The molecule has 3 aromatic rings. The normalized spacial score (nSPS) is 11.3. The highest BCUT2D eigenvalue weighted by Crippen LogP contribution is 2.32. The number of alkyl halides is 3. The largest absolute Gasteiger partial charge is 0.437 e. The number of halogens is 4. The van der Waals surface area contributed by atoms with Gasteiger partial charge in [0.15, 0.2) is 11.5 Å². The Hall–Kier alpha value is -2.74. The number of aromatic nitrogens is 4. The van der Waals surface area contributed by atoms with Crippen molar-refractivity contribution < 1.29 is 17.9 Å². The topological polar surface area (TPSA) is 60.8 Å². The molecule has 24 heavy (non-hydrogen) atoms. The molecule has 3 aromatic heterocycles. The smallest absolute Gasteiger partial charge is 0.433 e. The van der Waals surface area contributed by atoms with Crippen molar-refractivity contribution in [3.63, 3.8) is 0 Å². The molecular weight excluding hydrogens is 345 g/mol. The molecule has 0 fully saturated rings. The Balaban J connectivity index is 2.03. The summed E-state index contributed by atoms with van der Waals surface area (Å²) in [6.07, 6.45) is -0.490. The molecule has 122 valence electrons. The minimum absolute atomic E-state index is 0.121. The summed E-state index contributed by atoms with van der Waals surface area (Å²) in [5.41, 5.74) is -0.726. The van der Waals surface area contributed by atoms with Gasteiger partial charge in [-0.15, -0.1) is 0 Å². The lowest BCUT2D eigenvalue weighted by molar-refractivity contribution is -0.141. The summed E-state index contributed by atoms with van der Waals surface area (Å²) in [7, 11) is 0. The van der Waals surface area contributed by atoms with E-state index in [1.54, 1.807) is 0 Å². The van der Waals surface area contributed by atoms with Crippen LogP contribution < -0.4 is 4.74 Å². The third kappa shape index (κ3) is 3.77. The van der Waals surface area contributed by atoms with Gasteiger partial charge in [-0.25, -0.2) is 9.97 Å². The van der Waals surface area contributed by atoms with Gasteiger partial charge in [0, 0.05) is 24.0 Å². The van der Waals surface area contributed by atoms with Gasteiger partial charge < -0.3 is 4.74 Å². The van der Waals surface area contributed by atoms with Crippen molar-refractivity contribution >= 4 is 11.6 Å². The second-order valence-corrected chi connectivity index (χ2v) is 4.95. The molecule has 0 spiro atoms. The van der Waals surface area contributed by atoms with Crippen LogP contribution in [-0.4, -0.2) is 19.9 Å². The second kappa shape index (κ2) is 6.40. The quantitative estimate of drug-likeness (QED) is 0.654. The molecule has 9 heteroatoms. The second-order valence-electron chi connectivity index (χ2n) is 4.57. The minimum atomic E-state index is -4.64. The summed E-state index contributed by atoms with van der Waals surface area (Å²) in [5, 5.41) is 0.235. The number of hydrogen-bond donors (Lipinski definition) is 0. The summed E-state index contributed by atoms with van der Waals surface area (Å²) in [6.45, 7) is 0. The summed E-state index contributed by atoms with van der Waals surface area (Å²) in [4.78, 5) is 15.2.